The molecule has 1 heteroatoms. The van der Waals surface area contributed by atoms with Crippen LogP contribution in [0.5, 0.6) is 0 Å². The zero-order valence-corrected chi connectivity index (χ0v) is 10.8. The second kappa shape index (κ2) is 6.44. The van der Waals surface area contributed by atoms with Crippen LogP contribution in [0.2, 0.25) is 0 Å². The number of unbranched alkanes of at least 4 members (excludes halogenated alkanes) is 2. The van der Waals surface area contributed by atoms with Gasteiger partial charge in [-0.1, -0.05) is 47.5 Å². The highest BCUT2D eigenvalue weighted by Gasteiger charge is 2.30. The normalized spacial score (nSPS) is 12.9. The molecule has 0 unspecified atom stereocenters. The molecule has 1 nitrogen and oxygen atoms in total. The van der Waals surface area contributed by atoms with Crippen LogP contribution in [0.3, 0.4) is 0 Å². The van der Waals surface area contributed by atoms with Gasteiger partial charge in [0, 0.05) is 0 Å². The van der Waals surface area contributed by atoms with Crippen LogP contribution in [0.1, 0.15) is 60.3 Å². The van der Waals surface area contributed by atoms with Crippen molar-refractivity contribution in [3.63, 3.8) is 0 Å². The van der Waals surface area contributed by atoms with E-state index in [1.165, 1.54) is 25.7 Å². The average Bonchev–Trinajstić information content (AvgIpc) is 2.11. The molecular weight excluding hydrogens is 170 g/mol. The fourth-order valence-corrected chi connectivity index (χ4v) is 2.07. The molecule has 2 N–H and O–H groups in total. The largest absolute Gasteiger partial charge is 0.330 e. The van der Waals surface area contributed by atoms with Crippen molar-refractivity contribution in [3.8, 4) is 0 Å². The summed E-state index contributed by atoms with van der Waals surface area (Å²) in [4.78, 5) is 0. The standard InChI is InChI=1S/C13H29N/c1-11(2)13(5,12(3)4)9-7-6-8-10-14/h11-12H,6-10,14H2,1-5H3. The summed E-state index contributed by atoms with van der Waals surface area (Å²) in [7, 11) is 0. The molecule has 0 radical (unpaired) electrons. The summed E-state index contributed by atoms with van der Waals surface area (Å²) in [5.41, 5.74) is 6.01. The maximum atomic E-state index is 5.50. The Balaban J connectivity index is 3.98. The Kier molecular flexibility index (Phi) is 6.43. The molecule has 0 amide bonds. The first-order valence-electron chi connectivity index (χ1n) is 6.15. The predicted molar refractivity (Wildman–Crippen MR) is 65.3 cm³/mol. The molecule has 86 valence electrons. The minimum absolute atomic E-state index is 0.509. The van der Waals surface area contributed by atoms with Crippen LogP contribution in [-0.4, -0.2) is 6.54 Å². The second-order valence-corrected chi connectivity index (χ2v) is 5.41. The van der Waals surface area contributed by atoms with E-state index in [1.54, 1.807) is 0 Å². The zero-order valence-electron chi connectivity index (χ0n) is 10.8. The highest BCUT2D eigenvalue weighted by atomic mass is 14.5. The van der Waals surface area contributed by atoms with Crippen molar-refractivity contribution in [3.05, 3.63) is 0 Å². The van der Waals surface area contributed by atoms with E-state index in [1.807, 2.05) is 0 Å². The SMILES string of the molecule is CC(C)C(C)(CCCCCN)C(C)C. The van der Waals surface area contributed by atoms with Gasteiger partial charge < -0.3 is 5.73 Å². The molecule has 0 aromatic carbocycles. The molecule has 0 saturated heterocycles. The van der Waals surface area contributed by atoms with Gasteiger partial charge in [0.15, 0.2) is 0 Å². The highest BCUT2D eigenvalue weighted by molar-refractivity contribution is 4.80. The molecule has 0 bridgehead atoms. The van der Waals surface area contributed by atoms with Crippen molar-refractivity contribution < 1.29 is 0 Å². The lowest BCUT2D eigenvalue weighted by molar-refractivity contribution is 0.119. The molecule has 0 heterocycles. The molecule has 0 aliphatic carbocycles. The van der Waals surface area contributed by atoms with Gasteiger partial charge in [-0.3, -0.25) is 0 Å². The second-order valence-electron chi connectivity index (χ2n) is 5.41. The minimum atomic E-state index is 0.509. The fourth-order valence-electron chi connectivity index (χ4n) is 2.07. The quantitative estimate of drug-likeness (QED) is 0.620. The lowest BCUT2D eigenvalue weighted by atomic mass is 9.67. The molecule has 0 aromatic rings. The first-order chi connectivity index (χ1) is 6.45. The maximum Gasteiger partial charge on any atom is -0.00773 e. The molecule has 0 aliphatic rings. The van der Waals surface area contributed by atoms with Crippen molar-refractivity contribution in [2.24, 2.45) is 23.0 Å². The number of rotatable bonds is 7. The van der Waals surface area contributed by atoms with E-state index in [2.05, 4.69) is 34.6 Å². The Labute approximate surface area is 90.5 Å². The van der Waals surface area contributed by atoms with Crippen LogP contribution in [0.15, 0.2) is 0 Å². The van der Waals surface area contributed by atoms with E-state index in [0.717, 1.165) is 18.4 Å². The number of hydrogen-bond donors (Lipinski definition) is 1. The van der Waals surface area contributed by atoms with E-state index in [4.69, 9.17) is 5.73 Å². The van der Waals surface area contributed by atoms with Crippen LogP contribution in [0.4, 0.5) is 0 Å². The number of nitrogens with two attached hydrogens (primary N) is 1. The molecule has 0 saturated carbocycles. The minimum Gasteiger partial charge on any atom is -0.330 e. The Morgan fingerprint density at radius 1 is 0.929 bits per heavy atom. The molecule has 0 rings (SSSR count). The van der Waals surface area contributed by atoms with Gasteiger partial charge in [-0.2, -0.15) is 0 Å². The Bertz CT molecular complexity index is 130. The summed E-state index contributed by atoms with van der Waals surface area (Å²) >= 11 is 0. The van der Waals surface area contributed by atoms with Crippen LogP contribution in [0, 0.1) is 17.3 Å². The van der Waals surface area contributed by atoms with Crippen molar-refractivity contribution in [2.45, 2.75) is 60.3 Å². The average molecular weight is 199 g/mol. The van der Waals surface area contributed by atoms with Gasteiger partial charge in [0.2, 0.25) is 0 Å². The monoisotopic (exact) mass is 199 g/mol. The van der Waals surface area contributed by atoms with E-state index >= 15 is 0 Å². The van der Waals surface area contributed by atoms with E-state index in [-0.39, 0.29) is 0 Å². The Morgan fingerprint density at radius 2 is 1.43 bits per heavy atom. The lowest BCUT2D eigenvalue weighted by Crippen LogP contribution is -2.29. The van der Waals surface area contributed by atoms with Gasteiger partial charge in [-0.25, -0.2) is 0 Å². The predicted octanol–water partition coefficient (Wildman–Crippen LogP) is 3.82. The summed E-state index contributed by atoms with van der Waals surface area (Å²) in [5, 5.41) is 0. The van der Waals surface area contributed by atoms with Crippen LogP contribution < -0.4 is 5.73 Å². The van der Waals surface area contributed by atoms with Crippen molar-refractivity contribution >= 4 is 0 Å². The van der Waals surface area contributed by atoms with Gasteiger partial charge in [0.25, 0.3) is 0 Å². The van der Waals surface area contributed by atoms with E-state index in [9.17, 15) is 0 Å². The topological polar surface area (TPSA) is 26.0 Å². The maximum absolute atomic E-state index is 5.50. The van der Waals surface area contributed by atoms with Gasteiger partial charge in [0.05, 0.1) is 0 Å². The molecule has 0 spiro atoms. The van der Waals surface area contributed by atoms with Gasteiger partial charge in [-0.05, 0) is 36.6 Å². The first-order valence-corrected chi connectivity index (χ1v) is 6.15. The zero-order chi connectivity index (χ0) is 11.2. The van der Waals surface area contributed by atoms with Gasteiger partial charge >= 0.3 is 0 Å². The fraction of sp³-hybridized carbons (Fsp3) is 1.00. The van der Waals surface area contributed by atoms with Crippen molar-refractivity contribution in [2.75, 3.05) is 6.54 Å². The first kappa shape index (κ1) is 14.0. The summed E-state index contributed by atoms with van der Waals surface area (Å²) in [6.45, 7) is 12.7. The summed E-state index contributed by atoms with van der Waals surface area (Å²) in [5.74, 6) is 1.56. The molecule has 0 aromatic heterocycles. The van der Waals surface area contributed by atoms with E-state index in [0.29, 0.717) is 5.41 Å². The molecule has 0 fully saturated rings. The molecule has 0 atom stereocenters. The van der Waals surface area contributed by atoms with Crippen molar-refractivity contribution in [1.82, 2.24) is 0 Å². The Morgan fingerprint density at radius 3 is 1.79 bits per heavy atom. The highest BCUT2D eigenvalue weighted by Crippen LogP contribution is 2.40. The smallest absolute Gasteiger partial charge is 0.00773 e. The van der Waals surface area contributed by atoms with E-state index < -0.39 is 0 Å². The third kappa shape index (κ3) is 4.00. The summed E-state index contributed by atoms with van der Waals surface area (Å²) < 4.78 is 0. The van der Waals surface area contributed by atoms with Gasteiger partial charge in [-0.15, -0.1) is 0 Å². The molecular formula is C13H29N. The number of hydrogen-bond acceptors (Lipinski definition) is 1. The third-order valence-corrected chi connectivity index (χ3v) is 4.06. The summed E-state index contributed by atoms with van der Waals surface area (Å²) in [6, 6.07) is 0. The Hall–Kier alpha value is -0.0400. The molecule has 14 heavy (non-hydrogen) atoms. The van der Waals surface area contributed by atoms with Crippen molar-refractivity contribution in [1.29, 1.82) is 0 Å². The van der Waals surface area contributed by atoms with Gasteiger partial charge in [0.1, 0.15) is 0 Å². The van der Waals surface area contributed by atoms with Crippen LogP contribution in [0.25, 0.3) is 0 Å². The third-order valence-electron chi connectivity index (χ3n) is 4.06. The molecule has 0 aliphatic heterocycles. The van der Waals surface area contributed by atoms with Crippen LogP contribution in [-0.2, 0) is 0 Å². The summed E-state index contributed by atoms with van der Waals surface area (Å²) in [6.07, 6.45) is 5.17. The van der Waals surface area contributed by atoms with Crippen LogP contribution >= 0.6 is 0 Å². The lowest BCUT2D eigenvalue weighted by Gasteiger charge is -2.38.